The maximum absolute atomic E-state index is 11.7. The fraction of sp³-hybridized carbons (Fsp3) is 0.400. The standard InChI is InChI=1S/C14H12N8O.C6H12.H2O/c1-22-11(23)6-17-13-14(22)20-10(5-16-13)8-2-3-9(15-4-8)12-18-7-19-21-12;1-2-4-6-5-3-1;/h2-5,7H,6H2,1H3,(H,16,17)(H,18,19,21);1-6H2;1H2. The fourth-order valence-corrected chi connectivity index (χ4v) is 3.35. The van der Waals surface area contributed by atoms with Gasteiger partial charge in [0.1, 0.15) is 12.0 Å². The van der Waals surface area contributed by atoms with Crippen molar-refractivity contribution >= 4 is 17.5 Å². The first-order valence-corrected chi connectivity index (χ1v) is 9.92. The summed E-state index contributed by atoms with van der Waals surface area (Å²) in [5.41, 5.74) is 2.13. The fourth-order valence-electron chi connectivity index (χ4n) is 3.35. The van der Waals surface area contributed by atoms with Gasteiger partial charge in [-0.2, -0.15) is 5.10 Å². The third-order valence-corrected chi connectivity index (χ3v) is 5.07. The van der Waals surface area contributed by atoms with E-state index in [1.54, 1.807) is 19.4 Å². The van der Waals surface area contributed by atoms with E-state index in [0.29, 0.717) is 28.8 Å². The lowest BCUT2D eigenvalue weighted by atomic mass is 10.0. The highest BCUT2D eigenvalue weighted by atomic mass is 16.2. The minimum atomic E-state index is -0.0530. The van der Waals surface area contributed by atoms with Crippen LogP contribution in [-0.2, 0) is 4.79 Å². The number of aromatic amines is 1. The molecule has 0 unspecified atom stereocenters. The third-order valence-electron chi connectivity index (χ3n) is 5.07. The van der Waals surface area contributed by atoms with Gasteiger partial charge in [0.05, 0.1) is 18.4 Å². The zero-order chi connectivity index (χ0) is 20.1. The summed E-state index contributed by atoms with van der Waals surface area (Å²) < 4.78 is 0. The van der Waals surface area contributed by atoms with E-state index in [0.717, 1.165) is 5.56 Å². The highest BCUT2D eigenvalue weighted by molar-refractivity contribution is 6.00. The Morgan fingerprint density at radius 1 is 0.933 bits per heavy atom. The van der Waals surface area contributed by atoms with E-state index in [4.69, 9.17) is 0 Å². The number of aromatic nitrogens is 6. The van der Waals surface area contributed by atoms with Crippen molar-refractivity contribution in [3.8, 4) is 22.8 Å². The number of carbonyl (C=O) groups excluding carboxylic acids is 1. The van der Waals surface area contributed by atoms with Crippen LogP contribution in [-0.4, -0.2) is 55.1 Å². The van der Waals surface area contributed by atoms with E-state index in [1.807, 2.05) is 12.1 Å². The van der Waals surface area contributed by atoms with E-state index in [2.05, 4.69) is 35.5 Å². The van der Waals surface area contributed by atoms with Gasteiger partial charge in [0.2, 0.25) is 5.91 Å². The first-order chi connectivity index (χ1) is 14.2. The summed E-state index contributed by atoms with van der Waals surface area (Å²) >= 11 is 0. The Balaban J connectivity index is 0.000000317. The van der Waals surface area contributed by atoms with Crippen LogP contribution in [0.2, 0.25) is 0 Å². The molecule has 2 aliphatic rings. The van der Waals surface area contributed by atoms with Crippen LogP contribution >= 0.6 is 0 Å². The summed E-state index contributed by atoms with van der Waals surface area (Å²) in [4.78, 5) is 30.5. The quantitative estimate of drug-likeness (QED) is 0.659. The molecule has 0 bridgehead atoms. The molecule has 1 amide bonds. The highest BCUT2D eigenvalue weighted by Crippen LogP contribution is 2.27. The molecule has 10 nitrogen and oxygen atoms in total. The molecule has 158 valence electrons. The lowest BCUT2D eigenvalue weighted by molar-refractivity contribution is -0.116. The summed E-state index contributed by atoms with van der Waals surface area (Å²) in [5, 5.41) is 9.51. The van der Waals surface area contributed by atoms with Crippen molar-refractivity contribution in [2.75, 3.05) is 23.8 Å². The number of amides is 1. The van der Waals surface area contributed by atoms with E-state index < -0.39 is 0 Å². The zero-order valence-electron chi connectivity index (χ0n) is 16.9. The topological polar surface area (TPSA) is 144 Å². The SMILES string of the molecule is C1CCCCC1.CN1C(=O)CNc2ncc(-c3ccc(-c4ncn[nH]4)nc3)nc21.O. The van der Waals surface area contributed by atoms with Crippen molar-refractivity contribution in [2.45, 2.75) is 38.5 Å². The molecular weight excluding hydrogens is 384 g/mol. The summed E-state index contributed by atoms with van der Waals surface area (Å²) in [7, 11) is 1.69. The van der Waals surface area contributed by atoms with Gasteiger partial charge in [-0.15, -0.1) is 0 Å². The predicted molar refractivity (Wildman–Crippen MR) is 114 cm³/mol. The molecule has 30 heavy (non-hydrogen) atoms. The van der Waals surface area contributed by atoms with Crippen LogP contribution in [0.5, 0.6) is 0 Å². The van der Waals surface area contributed by atoms with Gasteiger partial charge in [-0.1, -0.05) is 38.5 Å². The van der Waals surface area contributed by atoms with Gasteiger partial charge in [0, 0.05) is 18.8 Å². The van der Waals surface area contributed by atoms with Gasteiger partial charge in [0.25, 0.3) is 0 Å². The molecule has 0 saturated heterocycles. The molecular formula is C20H26N8O2. The molecule has 1 saturated carbocycles. The number of hydrogen-bond donors (Lipinski definition) is 2. The average molecular weight is 410 g/mol. The van der Waals surface area contributed by atoms with E-state index in [1.165, 1.54) is 49.8 Å². The summed E-state index contributed by atoms with van der Waals surface area (Å²) in [6.45, 7) is 0.227. The second kappa shape index (κ2) is 9.88. The Labute approximate surface area is 174 Å². The number of fused-ring (bicyclic) bond motifs is 1. The number of H-pyrrole nitrogens is 1. The number of hydrogen-bond acceptors (Lipinski definition) is 7. The van der Waals surface area contributed by atoms with Crippen molar-refractivity contribution in [1.82, 2.24) is 30.1 Å². The first-order valence-electron chi connectivity index (χ1n) is 9.92. The molecule has 1 fully saturated rings. The molecule has 3 aromatic heterocycles. The van der Waals surface area contributed by atoms with E-state index in [9.17, 15) is 4.79 Å². The zero-order valence-corrected chi connectivity index (χ0v) is 16.9. The molecule has 4 heterocycles. The predicted octanol–water partition coefficient (Wildman–Crippen LogP) is 2.23. The van der Waals surface area contributed by atoms with Crippen molar-refractivity contribution < 1.29 is 10.3 Å². The maximum atomic E-state index is 11.7. The molecule has 10 heteroatoms. The number of likely N-dealkylation sites (N-methyl/N-ethyl adjacent to an activating group) is 1. The van der Waals surface area contributed by atoms with Crippen LogP contribution in [0, 0.1) is 0 Å². The van der Waals surface area contributed by atoms with Gasteiger partial charge in [0.15, 0.2) is 17.5 Å². The Kier molecular flexibility index (Phi) is 7.02. The Hall–Kier alpha value is -3.40. The van der Waals surface area contributed by atoms with Crippen molar-refractivity contribution in [3.05, 3.63) is 30.9 Å². The van der Waals surface area contributed by atoms with Crippen LogP contribution in [0.25, 0.3) is 22.8 Å². The van der Waals surface area contributed by atoms with Gasteiger partial charge in [-0.3, -0.25) is 19.8 Å². The second-order valence-electron chi connectivity index (χ2n) is 7.12. The number of pyridine rings is 1. The summed E-state index contributed by atoms with van der Waals surface area (Å²) in [6, 6.07) is 3.70. The van der Waals surface area contributed by atoms with Gasteiger partial charge in [-0.25, -0.2) is 15.0 Å². The highest BCUT2D eigenvalue weighted by Gasteiger charge is 2.23. The van der Waals surface area contributed by atoms with Crippen LogP contribution < -0.4 is 10.2 Å². The van der Waals surface area contributed by atoms with Gasteiger partial charge in [-0.05, 0) is 12.1 Å². The number of carbonyl (C=O) groups is 1. The Bertz CT molecular complexity index is 944. The number of nitrogens with zero attached hydrogens (tertiary/aromatic N) is 6. The summed E-state index contributed by atoms with van der Waals surface area (Å²) in [6.07, 6.45) is 13.8. The molecule has 0 radical (unpaired) electrons. The smallest absolute Gasteiger partial charge is 0.247 e. The van der Waals surface area contributed by atoms with E-state index >= 15 is 0 Å². The van der Waals surface area contributed by atoms with Crippen molar-refractivity contribution in [1.29, 1.82) is 0 Å². The second-order valence-corrected chi connectivity index (χ2v) is 7.12. The lowest BCUT2D eigenvalue weighted by Gasteiger charge is -2.24. The van der Waals surface area contributed by atoms with Crippen molar-refractivity contribution in [2.24, 2.45) is 0 Å². The Morgan fingerprint density at radius 3 is 2.27 bits per heavy atom. The van der Waals surface area contributed by atoms with Crippen LogP contribution in [0.1, 0.15) is 38.5 Å². The lowest BCUT2D eigenvalue weighted by Crippen LogP contribution is -2.38. The minimum Gasteiger partial charge on any atom is -0.412 e. The van der Waals surface area contributed by atoms with Crippen LogP contribution in [0.3, 0.4) is 0 Å². The molecule has 0 atom stereocenters. The Morgan fingerprint density at radius 2 is 1.67 bits per heavy atom. The normalized spacial score (nSPS) is 15.2. The van der Waals surface area contributed by atoms with Crippen LogP contribution in [0.4, 0.5) is 11.6 Å². The number of rotatable bonds is 2. The molecule has 1 aliphatic carbocycles. The van der Waals surface area contributed by atoms with Crippen LogP contribution in [0.15, 0.2) is 30.9 Å². The summed E-state index contributed by atoms with van der Waals surface area (Å²) in [5.74, 6) is 1.66. The van der Waals surface area contributed by atoms with E-state index in [-0.39, 0.29) is 17.9 Å². The molecule has 0 spiro atoms. The van der Waals surface area contributed by atoms with Gasteiger partial charge < -0.3 is 10.8 Å². The average Bonchev–Trinajstić information content (AvgIpc) is 3.33. The molecule has 4 N–H and O–H groups in total. The molecule has 0 aromatic carbocycles. The van der Waals surface area contributed by atoms with Crippen molar-refractivity contribution in [3.63, 3.8) is 0 Å². The largest absolute Gasteiger partial charge is 0.412 e. The van der Waals surface area contributed by atoms with Gasteiger partial charge >= 0.3 is 0 Å². The maximum Gasteiger partial charge on any atom is 0.247 e. The minimum absolute atomic E-state index is 0. The first kappa shape index (κ1) is 21.3. The third kappa shape index (κ3) is 4.77. The number of nitrogens with one attached hydrogen (secondary N) is 2. The monoisotopic (exact) mass is 410 g/mol. The molecule has 5 rings (SSSR count). The molecule has 3 aromatic rings. The molecule has 1 aliphatic heterocycles. The number of anilines is 2.